The Morgan fingerprint density at radius 3 is 2.63 bits per heavy atom. The second kappa shape index (κ2) is 9.95. The maximum Gasteiger partial charge on any atom is 0.317 e. The Morgan fingerprint density at radius 2 is 1.89 bits per heavy atom. The van der Waals surface area contributed by atoms with Crippen LogP contribution < -0.4 is 10.2 Å². The van der Waals surface area contributed by atoms with Crippen LogP contribution in [-0.2, 0) is 4.74 Å². The maximum atomic E-state index is 12.7. The first kappa shape index (κ1) is 20.0. The molecule has 0 saturated carbocycles. The van der Waals surface area contributed by atoms with Gasteiger partial charge in [0.15, 0.2) is 0 Å². The minimum atomic E-state index is 0.0772. The normalized spacial score (nSPS) is 20.2. The highest BCUT2D eigenvalue weighted by Gasteiger charge is 2.23. The van der Waals surface area contributed by atoms with Gasteiger partial charge in [0, 0.05) is 57.5 Å². The van der Waals surface area contributed by atoms with Crippen LogP contribution in [0.1, 0.15) is 25.3 Å². The third kappa shape index (κ3) is 5.36. The third-order valence-electron chi connectivity index (χ3n) is 5.76. The SMILES string of the molecule is CCC(CNC(=O)N1CCCN(c2ccccc2C)CC1)N1CCOCC1. The Balaban J connectivity index is 1.49. The number of morpholine rings is 1. The Labute approximate surface area is 163 Å². The molecule has 2 amide bonds. The highest BCUT2D eigenvalue weighted by Crippen LogP contribution is 2.20. The number of aryl methyl sites for hydroxylation is 1. The molecule has 1 unspecified atom stereocenters. The zero-order chi connectivity index (χ0) is 19.1. The largest absolute Gasteiger partial charge is 0.379 e. The average Bonchev–Trinajstić information content (AvgIpc) is 2.96. The number of nitrogens with zero attached hydrogens (tertiary/aromatic N) is 3. The average molecular weight is 375 g/mol. The molecule has 150 valence electrons. The number of hydrogen-bond donors (Lipinski definition) is 1. The zero-order valence-corrected chi connectivity index (χ0v) is 16.8. The molecule has 1 N–H and O–H groups in total. The van der Waals surface area contributed by atoms with E-state index in [-0.39, 0.29) is 6.03 Å². The Kier molecular flexibility index (Phi) is 7.35. The minimum absolute atomic E-state index is 0.0772. The molecule has 2 fully saturated rings. The summed E-state index contributed by atoms with van der Waals surface area (Å²) in [5.41, 5.74) is 2.59. The van der Waals surface area contributed by atoms with E-state index in [1.54, 1.807) is 0 Å². The van der Waals surface area contributed by atoms with Gasteiger partial charge in [-0.1, -0.05) is 25.1 Å². The predicted octanol–water partition coefficient (Wildman–Crippen LogP) is 2.33. The van der Waals surface area contributed by atoms with E-state index in [4.69, 9.17) is 4.74 Å². The molecular weight excluding hydrogens is 340 g/mol. The third-order valence-corrected chi connectivity index (χ3v) is 5.76. The molecule has 1 atom stereocenters. The lowest BCUT2D eigenvalue weighted by Gasteiger charge is -2.34. The molecule has 2 heterocycles. The van der Waals surface area contributed by atoms with Crippen molar-refractivity contribution >= 4 is 11.7 Å². The molecule has 3 rings (SSSR count). The fourth-order valence-electron chi connectivity index (χ4n) is 4.07. The molecule has 2 saturated heterocycles. The lowest BCUT2D eigenvalue weighted by Crippen LogP contribution is -2.51. The number of benzene rings is 1. The number of hydrogen-bond acceptors (Lipinski definition) is 4. The van der Waals surface area contributed by atoms with Crippen LogP contribution in [0.5, 0.6) is 0 Å². The summed E-state index contributed by atoms with van der Waals surface area (Å²) in [6.45, 7) is 12.1. The Hall–Kier alpha value is -1.79. The summed E-state index contributed by atoms with van der Waals surface area (Å²) in [5, 5.41) is 3.18. The van der Waals surface area contributed by atoms with Gasteiger partial charge in [-0.2, -0.15) is 0 Å². The van der Waals surface area contributed by atoms with E-state index in [0.717, 1.165) is 65.3 Å². The summed E-state index contributed by atoms with van der Waals surface area (Å²) >= 11 is 0. The first-order valence-electron chi connectivity index (χ1n) is 10.3. The van der Waals surface area contributed by atoms with Crippen molar-refractivity contribution in [2.75, 3.05) is 63.9 Å². The van der Waals surface area contributed by atoms with Gasteiger partial charge < -0.3 is 19.9 Å². The number of carbonyl (C=O) groups is 1. The quantitative estimate of drug-likeness (QED) is 0.859. The molecule has 0 bridgehead atoms. The van der Waals surface area contributed by atoms with E-state index in [1.807, 2.05) is 4.90 Å². The Bertz CT molecular complexity index is 604. The number of urea groups is 1. The van der Waals surface area contributed by atoms with Gasteiger partial charge in [0.25, 0.3) is 0 Å². The Morgan fingerprint density at radius 1 is 1.11 bits per heavy atom. The van der Waals surface area contributed by atoms with Crippen LogP contribution in [0.4, 0.5) is 10.5 Å². The smallest absolute Gasteiger partial charge is 0.317 e. The van der Waals surface area contributed by atoms with Crippen LogP contribution in [-0.4, -0.2) is 80.9 Å². The first-order valence-corrected chi connectivity index (χ1v) is 10.3. The van der Waals surface area contributed by atoms with E-state index in [1.165, 1.54) is 11.3 Å². The molecule has 6 heteroatoms. The minimum Gasteiger partial charge on any atom is -0.379 e. The second-order valence-electron chi connectivity index (χ2n) is 7.51. The molecule has 27 heavy (non-hydrogen) atoms. The highest BCUT2D eigenvalue weighted by atomic mass is 16.5. The number of nitrogens with one attached hydrogen (secondary N) is 1. The maximum absolute atomic E-state index is 12.7. The number of rotatable bonds is 5. The van der Waals surface area contributed by atoms with E-state index in [2.05, 4.69) is 53.2 Å². The fourth-order valence-corrected chi connectivity index (χ4v) is 4.07. The van der Waals surface area contributed by atoms with Crippen molar-refractivity contribution in [3.8, 4) is 0 Å². The molecule has 0 aromatic heterocycles. The van der Waals surface area contributed by atoms with Gasteiger partial charge in [0.1, 0.15) is 0 Å². The van der Waals surface area contributed by atoms with E-state index in [9.17, 15) is 4.79 Å². The van der Waals surface area contributed by atoms with Gasteiger partial charge in [-0.15, -0.1) is 0 Å². The van der Waals surface area contributed by atoms with Crippen molar-refractivity contribution in [3.05, 3.63) is 29.8 Å². The molecule has 0 spiro atoms. The zero-order valence-electron chi connectivity index (χ0n) is 16.8. The predicted molar refractivity (Wildman–Crippen MR) is 109 cm³/mol. The summed E-state index contributed by atoms with van der Waals surface area (Å²) < 4.78 is 5.44. The van der Waals surface area contributed by atoms with Crippen molar-refractivity contribution in [2.45, 2.75) is 32.7 Å². The molecule has 1 aromatic carbocycles. The van der Waals surface area contributed by atoms with Crippen molar-refractivity contribution in [3.63, 3.8) is 0 Å². The molecule has 2 aliphatic rings. The van der Waals surface area contributed by atoms with Crippen LogP contribution in [0.2, 0.25) is 0 Å². The summed E-state index contributed by atoms with van der Waals surface area (Å²) in [6.07, 6.45) is 2.05. The van der Waals surface area contributed by atoms with E-state index in [0.29, 0.717) is 12.6 Å². The highest BCUT2D eigenvalue weighted by molar-refractivity contribution is 5.74. The van der Waals surface area contributed by atoms with Crippen LogP contribution in [0.3, 0.4) is 0 Å². The molecule has 0 aliphatic carbocycles. The summed E-state index contributed by atoms with van der Waals surface area (Å²) in [6, 6.07) is 8.98. The van der Waals surface area contributed by atoms with Gasteiger partial charge in [0.05, 0.1) is 13.2 Å². The molecule has 0 radical (unpaired) electrons. The van der Waals surface area contributed by atoms with Crippen molar-refractivity contribution in [1.82, 2.24) is 15.1 Å². The number of carbonyl (C=O) groups excluding carboxylic acids is 1. The van der Waals surface area contributed by atoms with Gasteiger partial charge >= 0.3 is 6.03 Å². The van der Waals surface area contributed by atoms with Crippen molar-refractivity contribution < 1.29 is 9.53 Å². The lowest BCUT2D eigenvalue weighted by atomic mass is 10.2. The van der Waals surface area contributed by atoms with E-state index >= 15 is 0 Å². The number of ether oxygens (including phenoxy) is 1. The van der Waals surface area contributed by atoms with Crippen LogP contribution in [0.15, 0.2) is 24.3 Å². The van der Waals surface area contributed by atoms with Crippen molar-refractivity contribution in [2.24, 2.45) is 0 Å². The first-order chi connectivity index (χ1) is 13.2. The van der Waals surface area contributed by atoms with E-state index < -0.39 is 0 Å². The number of para-hydroxylation sites is 1. The second-order valence-corrected chi connectivity index (χ2v) is 7.51. The summed E-state index contributed by atoms with van der Waals surface area (Å²) in [5.74, 6) is 0. The lowest BCUT2D eigenvalue weighted by molar-refractivity contribution is 0.0162. The van der Waals surface area contributed by atoms with Gasteiger partial charge in [-0.25, -0.2) is 4.79 Å². The molecule has 1 aromatic rings. The number of amides is 2. The topological polar surface area (TPSA) is 48.1 Å². The number of anilines is 1. The van der Waals surface area contributed by atoms with Crippen LogP contribution in [0, 0.1) is 6.92 Å². The van der Waals surface area contributed by atoms with Crippen LogP contribution >= 0.6 is 0 Å². The molecule has 2 aliphatic heterocycles. The molecule has 6 nitrogen and oxygen atoms in total. The monoisotopic (exact) mass is 374 g/mol. The van der Waals surface area contributed by atoms with Crippen LogP contribution in [0.25, 0.3) is 0 Å². The summed E-state index contributed by atoms with van der Waals surface area (Å²) in [7, 11) is 0. The molecular formula is C21H34N4O2. The summed E-state index contributed by atoms with van der Waals surface area (Å²) in [4.78, 5) is 19.5. The van der Waals surface area contributed by atoms with Gasteiger partial charge in [0.2, 0.25) is 0 Å². The van der Waals surface area contributed by atoms with Gasteiger partial charge in [-0.3, -0.25) is 4.90 Å². The fraction of sp³-hybridized carbons (Fsp3) is 0.667. The standard InChI is InChI=1S/C21H34N4O2/c1-3-19(23-13-15-27-16-14-23)17-22-21(26)25-10-6-9-24(11-12-25)20-8-5-4-7-18(20)2/h4-5,7-8,19H,3,6,9-17H2,1-2H3,(H,22,26). The van der Waals surface area contributed by atoms with Crippen molar-refractivity contribution in [1.29, 1.82) is 0 Å². The van der Waals surface area contributed by atoms with Gasteiger partial charge in [-0.05, 0) is 31.4 Å².